The molecule has 2 aromatic rings. The van der Waals surface area contributed by atoms with Crippen LogP contribution >= 0.6 is 23.2 Å². The first-order chi connectivity index (χ1) is 11.9. The highest BCUT2D eigenvalue weighted by atomic mass is 35.5. The zero-order valence-corrected chi connectivity index (χ0v) is 14.9. The second kappa shape index (κ2) is 9.15. The summed E-state index contributed by atoms with van der Waals surface area (Å²) in [4.78, 5) is 23.3. The van der Waals surface area contributed by atoms with Gasteiger partial charge >= 0.3 is 0 Å². The molecule has 0 aliphatic carbocycles. The summed E-state index contributed by atoms with van der Waals surface area (Å²) in [5.74, 6) is -0.223. The maximum absolute atomic E-state index is 11.7. The molecule has 0 aromatic heterocycles. The third-order valence-electron chi connectivity index (χ3n) is 2.98. The van der Waals surface area contributed by atoms with E-state index in [1.54, 1.807) is 24.3 Å². The van der Waals surface area contributed by atoms with Gasteiger partial charge in [0.05, 0.1) is 5.02 Å². The van der Waals surface area contributed by atoms with Gasteiger partial charge in [-0.15, -0.1) is 0 Å². The van der Waals surface area contributed by atoms with Gasteiger partial charge in [-0.25, -0.2) is 0 Å². The molecule has 2 rings (SSSR count). The average Bonchev–Trinajstić information content (AvgIpc) is 2.60. The summed E-state index contributed by atoms with van der Waals surface area (Å²) in [6.45, 7) is 1.38. The molecule has 0 aliphatic heterocycles. The van der Waals surface area contributed by atoms with Gasteiger partial charge in [0.15, 0.2) is 13.2 Å². The molecule has 0 atom stereocenters. The molecule has 25 heavy (non-hydrogen) atoms. The van der Waals surface area contributed by atoms with E-state index >= 15 is 0 Å². The lowest BCUT2D eigenvalue weighted by Crippen LogP contribution is -2.45. The summed E-state index contributed by atoms with van der Waals surface area (Å²) < 4.78 is 10.5. The van der Waals surface area contributed by atoms with Crippen LogP contribution in [-0.2, 0) is 9.59 Å². The van der Waals surface area contributed by atoms with Crippen LogP contribution < -0.4 is 20.3 Å². The Balaban J connectivity index is 1.69. The van der Waals surface area contributed by atoms with E-state index in [1.165, 1.54) is 6.07 Å². The van der Waals surface area contributed by atoms with Crippen LogP contribution in [-0.4, -0.2) is 25.0 Å². The first-order valence-electron chi connectivity index (χ1n) is 7.29. The van der Waals surface area contributed by atoms with E-state index in [0.717, 1.165) is 5.56 Å². The van der Waals surface area contributed by atoms with Gasteiger partial charge in [0.2, 0.25) is 0 Å². The average molecular weight is 383 g/mol. The highest BCUT2D eigenvalue weighted by molar-refractivity contribution is 6.34. The van der Waals surface area contributed by atoms with Crippen molar-refractivity contribution in [3.05, 3.63) is 58.1 Å². The van der Waals surface area contributed by atoms with Crippen molar-refractivity contribution in [1.82, 2.24) is 10.9 Å². The Morgan fingerprint density at radius 3 is 2.16 bits per heavy atom. The minimum Gasteiger partial charge on any atom is -0.484 e. The summed E-state index contributed by atoms with van der Waals surface area (Å²) >= 11 is 11.7. The maximum Gasteiger partial charge on any atom is 0.276 e. The Hall–Kier alpha value is -2.44. The number of amides is 2. The zero-order valence-electron chi connectivity index (χ0n) is 13.3. The Morgan fingerprint density at radius 1 is 0.920 bits per heavy atom. The highest BCUT2D eigenvalue weighted by Crippen LogP contribution is 2.27. The lowest BCUT2D eigenvalue weighted by atomic mass is 10.2. The monoisotopic (exact) mass is 382 g/mol. The third kappa shape index (κ3) is 6.52. The fourth-order valence-electron chi connectivity index (χ4n) is 1.73. The predicted octanol–water partition coefficient (Wildman–Crippen LogP) is 2.91. The molecule has 2 aromatic carbocycles. The number of benzene rings is 2. The van der Waals surface area contributed by atoms with Crippen LogP contribution in [0.1, 0.15) is 5.56 Å². The Morgan fingerprint density at radius 2 is 1.52 bits per heavy atom. The van der Waals surface area contributed by atoms with E-state index < -0.39 is 11.8 Å². The van der Waals surface area contributed by atoms with E-state index in [0.29, 0.717) is 15.8 Å². The molecule has 0 fully saturated rings. The first kappa shape index (κ1) is 18.9. The molecule has 132 valence electrons. The Kier molecular flexibility index (Phi) is 6.91. The smallest absolute Gasteiger partial charge is 0.276 e. The van der Waals surface area contributed by atoms with E-state index in [4.69, 9.17) is 32.7 Å². The number of hydrogen-bond acceptors (Lipinski definition) is 4. The van der Waals surface area contributed by atoms with Crippen LogP contribution in [0, 0.1) is 6.92 Å². The number of rotatable bonds is 6. The number of carbonyl (C=O) groups is 2. The molecule has 0 radical (unpaired) electrons. The van der Waals surface area contributed by atoms with Gasteiger partial charge in [0.25, 0.3) is 11.8 Å². The molecule has 0 unspecified atom stereocenters. The van der Waals surface area contributed by atoms with Crippen LogP contribution in [0.3, 0.4) is 0 Å². The summed E-state index contributed by atoms with van der Waals surface area (Å²) in [6, 6.07) is 11.9. The Labute approximate surface area is 155 Å². The van der Waals surface area contributed by atoms with Crippen LogP contribution in [0.2, 0.25) is 10.0 Å². The van der Waals surface area contributed by atoms with Crippen LogP contribution in [0.5, 0.6) is 11.5 Å². The molecule has 0 bridgehead atoms. The third-order valence-corrected chi connectivity index (χ3v) is 3.53. The van der Waals surface area contributed by atoms with Crippen LogP contribution in [0.4, 0.5) is 0 Å². The number of carbonyl (C=O) groups excluding carboxylic acids is 2. The maximum atomic E-state index is 11.7. The molecule has 2 N–H and O–H groups in total. The molecule has 0 heterocycles. The summed E-state index contributed by atoms with van der Waals surface area (Å²) in [5.41, 5.74) is 5.52. The molecule has 2 amide bonds. The van der Waals surface area contributed by atoms with Crippen molar-refractivity contribution in [3.63, 3.8) is 0 Å². The van der Waals surface area contributed by atoms with E-state index in [1.807, 2.05) is 19.1 Å². The minimum atomic E-state index is -0.556. The van der Waals surface area contributed by atoms with Crippen molar-refractivity contribution in [1.29, 1.82) is 0 Å². The lowest BCUT2D eigenvalue weighted by Gasteiger charge is -2.10. The van der Waals surface area contributed by atoms with Crippen molar-refractivity contribution in [2.75, 3.05) is 13.2 Å². The van der Waals surface area contributed by atoms with E-state index in [2.05, 4.69) is 10.9 Å². The van der Waals surface area contributed by atoms with Crippen LogP contribution in [0.25, 0.3) is 0 Å². The highest BCUT2D eigenvalue weighted by Gasteiger charge is 2.08. The van der Waals surface area contributed by atoms with Gasteiger partial charge in [0.1, 0.15) is 11.5 Å². The molecule has 0 saturated carbocycles. The fraction of sp³-hybridized carbons (Fsp3) is 0.176. The predicted molar refractivity (Wildman–Crippen MR) is 94.9 cm³/mol. The van der Waals surface area contributed by atoms with Gasteiger partial charge in [-0.2, -0.15) is 0 Å². The van der Waals surface area contributed by atoms with Gasteiger partial charge in [0, 0.05) is 11.1 Å². The van der Waals surface area contributed by atoms with Crippen LogP contribution in [0.15, 0.2) is 42.5 Å². The van der Waals surface area contributed by atoms with Gasteiger partial charge in [-0.3, -0.25) is 20.4 Å². The normalized spacial score (nSPS) is 10.0. The number of ether oxygens (including phenoxy) is 2. The number of aryl methyl sites for hydroxylation is 1. The largest absolute Gasteiger partial charge is 0.484 e. The van der Waals surface area contributed by atoms with E-state index in [-0.39, 0.29) is 19.0 Å². The van der Waals surface area contributed by atoms with Crippen molar-refractivity contribution >= 4 is 35.0 Å². The first-order valence-corrected chi connectivity index (χ1v) is 8.04. The van der Waals surface area contributed by atoms with Crippen molar-refractivity contribution < 1.29 is 19.1 Å². The number of hydrogen-bond donors (Lipinski definition) is 2. The number of hydrazine groups is 1. The van der Waals surface area contributed by atoms with Gasteiger partial charge < -0.3 is 9.47 Å². The molecule has 0 aliphatic rings. The van der Waals surface area contributed by atoms with Crippen molar-refractivity contribution in [2.45, 2.75) is 6.92 Å². The molecular formula is C17H16Cl2N2O4. The summed E-state index contributed by atoms with van der Waals surface area (Å²) in [5, 5.41) is 0.758. The number of halogens is 2. The molecule has 0 spiro atoms. The van der Waals surface area contributed by atoms with Gasteiger partial charge in [-0.05, 0) is 31.2 Å². The lowest BCUT2D eigenvalue weighted by molar-refractivity contribution is -0.131. The molecule has 8 heteroatoms. The SMILES string of the molecule is Cc1ccc(OCC(=O)NNC(=O)COc2cc(Cl)ccc2Cl)cc1. The second-order valence-electron chi connectivity index (χ2n) is 5.06. The summed E-state index contributed by atoms with van der Waals surface area (Å²) in [6.07, 6.45) is 0. The minimum absolute atomic E-state index is 0.232. The van der Waals surface area contributed by atoms with Gasteiger partial charge in [-0.1, -0.05) is 40.9 Å². The summed E-state index contributed by atoms with van der Waals surface area (Å²) in [7, 11) is 0. The standard InChI is InChI=1S/C17H16Cl2N2O4/c1-11-2-5-13(6-3-11)24-9-16(22)20-21-17(23)10-25-15-8-12(18)4-7-14(15)19/h2-8H,9-10H2,1H3,(H,20,22)(H,21,23). The number of nitrogens with one attached hydrogen (secondary N) is 2. The zero-order chi connectivity index (χ0) is 18.2. The second-order valence-corrected chi connectivity index (χ2v) is 5.91. The quantitative estimate of drug-likeness (QED) is 0.753. The van der Waals surface area contributed by atoms with Crippen molar-refractivity contribution in [3.8, 4) is 11.5 Å². The Bertz CT molecular complexity index is 751. The van der Waals surface area contributed by atoms with E-state index in [9.17, 15) is 9.59 Å². The molecule has 6 nitrogen and oxygen atoms in total. The molecular weight excluding hydrogens is 367 g/mol. The molecule has 0 saturated heterocycles. The van der Waals surface area contributed by atoms with Crippen molar-refractivity contribution in [2.24, 2.45) is 0 Å². The topological polar surface area (TPSA) is 76.7 Å². The fourth-order valence-corrected chi connectivity index (χ4v) is 2.06.